The fourth-order valence-corrected chi connectivity index (χ4v) is 1.98. The van der Waals surface area contributed by atoms with Gasteiger partial charge in [0.05, 0.1) is 5.39 Å². The van der Waals surface area contributed by atoms with Crippen molar-refractivity contribution in [3.8, 4) is 0 Å². The minimum atomic E-state index is -0.336. The Morgan fingerprint density at radius 3 is 3.12 bits per heavy atom. The van der Waals surface area contributed by atoms with Gasteiger partial charge >= 0.3 is 0 Å². The van der Waals surface area contributed by atoms with Crippen LogP contribution in [0.5, 0.6) is 0 Å². The van der Waals surface area contributed by atoms with Crippen LogP contribution in [-0.4, -0.2) is 18.2 Å². The largest absolute Gasteiger partial charge is 0.355 e. The lowest BCUT2D eigenvalue weighted by molar-refractivity contribution is 0.413. The summed E-state index contributed by atoms with van der Waals surface area (Å²) in [5, 5.41) is 7.77. The van der Waals surface area contributed by atoms with Crippen LogP contribution in [0.25, 0.3) is 16.5 Å². The Morgan fingerprint density at radius 1 is 1.38 bits per heavy atom. The summed E-state index contributed by atoms with van der Waals surface area (Å²) in [5.41, 5.74) is 1.36. The highest BCUT2D eigenvalue weighted by molar-refractivity contribution is 5.89. The summed E-state index contributed by atoms with van der Waals surface area (Å²) in [6.07, 6.45) is 3.08. The number of nitrogens with one attached hydrogen (secondary N) is 1. The van der Waals surface area contributed by atoms with E-state index in [0.29, 0.717) is 11.3 Å². The third kappa shape index (κ3) is 1.42. The van der Waals surface area contributed by atoms with Gasteiger partial charge in [0, 0.05) is 12.1 Å². The first-order valence-corrected chi connectivity index (χ1v) is 5.30. The van der Waals surface area contributed by atoms with E-state index in [0.717, 1.165) is 30.5 Å². The van der Waals surface area contributed by atoms with Crippen LogP contribution in [0.3, 0.4) is 0 Å². The summed E-state index contributed by atoms with van der Waals surface area (Å²) in [5.74, 6) is 0.346. The van der Waals surface area contributed by atoms with Gasteiger partial charge < -0.3 is 9.84 Å². The van der Waals surface area contributed by atoms with E-state index in [2.05, 4.69) is 16.5 Å². The monoisotopic (exact) mass is 218 g/mol. The van der Waals surface area contributed by atoms with E-state index in [1.54, 1.807) is 6.07 Å². The highest BCUT2D eigenvalue weighted by Crippen LogP contribution is 2.27. The number of aromatic nitrogens is 1. The van der Waals surface area contributed by atoms with E-state index in [9.17, 15) is 4.39 Å². The minimum absolute atomic E-state index is 0.309. The lowest BCUT2D eigenvalue weighted by atomic mass is 10.1. The van der Waals surface area contributed by atoms with Crippen molar-refractivity contribution >= 4 is 16.5 Å². The third-order valence-electron chi connectivity index (χ3n) is 2.78. The quantitative estimate of drug-likeness (QED) is 0.798. The number of hydrogen-bond donors (Lipinski definition) is 1. The van der Waals surface area contributed by atoms with E-state index in [1.807, 2.05) is 6.07 Å². The molecule has 1 aliphatic rings. The molecule has 0 spiro atoms. The molecule has 0 atom stereocenters. The normalized spacial score (nSPS) is 16.4. The maximum atomic E-state index is 13.4. The molecule has 0 amide bonds. The molecule has 0 unspecified atom stereocenters. The van der Waals surface area contributed by atoms with Crippen LogP contribution in [0.2, 0.25) is 0 Å². The molecule has 0 radical (unpaired) electrons. The van der Waals surface area contributed by atoms with Gasteiger partial charge in [0.2, 0.25) is 0 Å². The second kappa shape index (κ2) is 3.72. The molecule has 1 N–H and O–H groups in total. The van der Waals surface area contributed by atoms with E-state index < -0.39 is 0 Å². The van der Waals surface area contributed by atoms with Crippen molar-refractivity contribution in [2.75, 3.05) is 13.1 Å². The molecule has 3 nitrogen and oxygen atoms in total. The Kier molecular flexibility index (Phi) is 2.22. The molecule has 1 aromatic heterocycles. The van der Waals surface area contributed by atoms with Crippen LogP contribution >= 0.6 is 0 Å². The van der Waals surface area contributed by atoms with Gasteiger partial charge in [0.15, 0.2) is 11.6 Å². The molecular formula is C12H11FN2O. The average Bonchev–Trinajstić information content (AvgIpc) is 2.75. The Morgan fingerprint density at radius 2 is 2.31 bits per heavy atom. The number of fused-ring (bicyclic) bond motifs is 1. The molecular weight excluding hydrogens is 207 g/mol. The van der Waals surface area contributed by atoms with E-state index in [4.69, 9.17) is 4.52 Å². The Labute approximate surface area is 91.9 Å². The molecule has 1 aromatic carbocycles. The predicted molar refractivity (Wildman–Crippen MR) is 59.4 cm³/mol. The van der Waals surface area contributed by atoms with Crippen LogP contribution in [0.1, 0.15) is 12.2 Å². The molecule has 0 fully saturated rings. The van der Waals surface area contributed by atoms with Gasteiger partial charge in [0.25, 0.3) is 0 Å². The maximum Gasteiger partial charge on any atom is 0.171 e. The van der Waals surface area contributed by atoms with Gasteiger partial charge in [-0.1, -0.05) is 17.3 Å². The molecule has 4 heteroatoms. The van der Waals surface area contributed by atoms with Crippen LogP contribution < -0.4 is 5.32 Å². The second-order valence-corrected chi connectivity index (χ2v) is 3.84. The molecule has 2 heterocycles. The summed E-state index contributed by atoms with van der Waals surface area (Å²) in [6.45, 7) is 1.73. The Bertz CT molecular complexity index is 559. The number of hydrogen-bond acceptors (Lipinski definition) is 3. The van der Waals surface area contributed by atoms with Crippen LogP contribution in [-0.2, 0) is 0 Å². The Balaban J connectivity index is 2.17. The summed E-state index contributed by atoms with van der Waals surface area (Å²) in [6, 6.07) is 4.90. The molecule has 82 valence electrons. The molecule has 2 aromatic rings. The van der Waals surface area contributed by atoms with Gasteiger partial charge in [0.1, 0.15) is 5.52 Å². The van der Waals surface area contributed by atoms with Gasteiger partial charge in [-0.05, 0) is 25.1 Å². The zero-order chi connectivity index (χ0) is 11.0. The number of nitrogens with zero attached hydrogens (tertiary/aromatic N) is 1. The fraction of sp³-hybridized carbons (Fsp3) is 0.250. The van der Waals surface area contributed by atoms with Gasteiger partial charge in [-0.3, -0.25) is 0 Å². The Hall–Kier alpha value is -1.68. The summed E-state index contributed by atoms with van der Waals surface area (Å²) >= 11 is 0. The van der Waals surface area contributed by atoms with E-state index in [-0.39, 0.29) is 5.82 Å². The number of rotatable bonds is 1. The molecule has 0 aliphatic carbocycles. The highest BCUT2D eigenvalue weighted by Gasteiger charge is 2.16. The highest BCUT2D eigenvalue weighted by atomic mass is 19.1. The molecule has 0 saturated heterocycles. The minimum Gasteiger partial charge on any atom is -0.355 e. The maximum absolute atomic E-state index is 13.4. The topological polar surface area (TPSA) is 38.1 Å². The molecule has 3 rings (SSSR count). The van der Waals surface area contributed by atoms with E-state index >= 15 is 0 Å². The predicted octanol–water partition coefficient (Wildman–Crippen LogP) is 2.34. The van der Waals surface area contributed by atoms with Crippen molar-refractivity contribution in [1.29, 1.82) is 0 Å². The summed E-state index contributed by atoms with van der Waals surface area (Å²) in [7, 11) is 0. The first kappa shape index (κ1) is 9.54. The van der Waals surface area contributed by atoms with Gasteiger partial charge in [-0.2, -0.15) is 0 Å². The van der Waals surface area contributed by atoms with Gasteiger partial charge in [-0.25, -0.2) is 4.39 Å². The van der Waals surface area contributed by atoms with E-state index in [1.165, 1.54) is 6.07 Å². The van der Waals surface area contributed by atoms with Crippen molar-refractivity contribution in [3.05, 3.63) is 35.9 Å². The standard InChI is InChI=1S/C12H11FN2O/c13-10-5-1-4-9-11(10)15-16-12(9)8-3-2-6-14-7-8/h1,3-5,14H,2,6-7H2. The smallest absolute Gasteiger partial charge is 0.171 e. The van der Waals surface area contributed by atoms with Crippen LogP contribution in [0.15, 0.2) is 28.8 Å². The fourth-order valence-electron chi connectivity index (χ4n) is 1.98. The summed E-state index contributed by atoms with van der Waals surface area (Å²) < 4.78 is 18.6. The lowest BCUT2D eigenvalue weighted by Gasteiger charge is -2.11. The van der Waals surface area contributed by atoms with Crippen molar-refractivity contribution in [3.63, 3.8) is 0 Å². The second-order valence-electron chi connectivity index (χ2n) is 3.84. The zero-order valence-electron chi connectivity index (χ0n) is 8.66. The molecule has 0 bridgehead atoms. The van der Waals surface area contributed by atoms with Crippen molar-refractivity contribution in [2.45, 2.75) is 6.42 Å². The van der Waals surface area contributed by atoms with Gasteiger partial charge in [-0.15, -0.1) is 0 Å². The lowest BCUT2D eigenvalue weighted by Crippen LogP contribution is -2.21. The van der Waals surface area contributed by atoms with Crippen LogP contribution in [0.4, 0.5) is 4.39 Å². The van der Waals surface area contributed by atoms with Crippen molar-refractivity contribution < 1.29 is 8.91 Å². The first-order chi connectivity index (χ1) is 7.86. The van der Waals surface area contributed by atoms with Crippen molar-refractivity contribution in [2.24, 2.45) is 0 Å². The average molecular weight is 218 g/mol. The first-order valence-electron chi connectivity index (χ1n) is 5.30. The zero-order valence-corrected chi connectivity index (χ0v) is 8.66. The van der Waals surface area contributed by atoms with Crippen LogP contribution in [0, 0.1) is 5.82 Å². The molecule has 16 heavy (non-hydrogen) atoms. The number of benzene rings is 1. The molecule has 1 aliphatic heterocycles. The summed E-state index contributed by atoms with van der Waals surface area (Å²) in [4.78, 5) is 0. The number of halogens is 1. The SMILES string of the molecule is Fc1cccc2c(C3=CCCNC3)onc12. The third-order valence-corrected chi connectivity index (χ3v) is 2.78. The molecule has 0 saturated carbocycles. The van der Waals surface area contributed by atoms with Crippen molar-refractivity contribution in [1.82, 2.24) is 10.5 Å².